The SMILES string of the molecule is Cc1cn(CO[C@H](CCP(=O)(O)O)[C@H](C)O)c(=O)[nH]c1=O. The van der Waals surface area contributed by atoms with Crippen molar-refractivity contribution in [2.24, 2.45) is 0 Å². The summed E-state index contributed by atoms with van der Waals surface area (Å²) in [5, 5.41) is 9.53. The van der Waals surface area contributed by atoms with E-state index in [1.807, 2.05) is 0 Å². The van der Waals surface area contributed by atoms with E-state index >= 15 is 0 Å². The quantitative estimate of drug-likeness (QED) is 0.478. The van der Waals surface area contributed by atoms with Gasteiger partial charge in [0.05, 0.1) is 18.4 Å². The van der Waals surface area contributed by atoms with Gasteiger partial charge in [0.15, 0.2) is 0 Å². The Labute approximate surface area is 120 Å². The largest absolute Gasteiger partial charge is 0.391 e. The standard InChI is InChI=1S/C11H19N2O7P/c1-7-5-13(11(16)12-10(7)15)6-20-9(8(2)14)3-4-21(17,18)19/h5,8-9,14H,3-4,6H2,1-2H3,(H,12,15,16)(H2,17,18,19)/t8-,9+/m0/s1. The molecule has 0 saturated carbocycles. The van der Waals surface area contributed by atoms with Gasteiger partial charge >= 0.3 is 13.3 Å². The summed E-state index contributed by atoms with van der Waals surface area (Å²) in [5.41, 5.74) is -0.836. The van der Waals surface area contributed by atoms with Crippen LogP contribution in [-0.4, -0.2) is 42.8 Å². The summed E-state index contributed by atoms with van der Waals surface area (Å²) < 4.78 is 17.2. The van der Waals surface area contributed by atoms with E-state index in [0.717, 1.165) is 4.57 Å². The molecule has 10 heteroatoms. The number of H-pyrrole nitrogens is 1. The molecule has 9 nitrogen and oxygen atoms in total. The highest BCUT2D eigenvalue weighted by Gasteiger charge is 2.21. The molecule has 120 valence electrons. The van der Waals surface area contributed by atoms with Crippen LogP contribution in [0.2, 0.25) is 0 Å². The van der Waals surface area contributed by atoms with Crippen LogP contribution < -0.4 is 11.2 Å². The Kier molecular flexibility index (Phi) is 6.06. The number of nitrogens with one attached hydrogen (secondary N) is 1. The molecular weight excluding hydrogens is 303 g/mol. The second-order valence-corrected chi connectivity index (χ2v) is 6.57. The first-order valence-electron chi connectivity index (χ1n) is 6.25. The third-order valence-electron chi connectivity index (χ3n) is 2.86. The second-order valence-electron chi connectivity index (χ2n) is 4.79. The maximum absolute atomic E-state index is 11.5. The third kappa shape index (κ3) is 5.94. The van der Waals surface area contributed by atoms with Crippen LogP contribution in [0, 0.1) is 6.92 Å². The number of aliphatic hydroxyl groups excluding tert-OH is 1. The summed E-state index contributed by atoms with van der Waals surface area (Å²) >= 11 is 0. The molecule has 0 amide bonds. The van der Waals surface area contributed by atoms with Gasteiger partial charge in [-0.05, 0) is 20.3 Å². The molecule has 1 heterocycles. The zero-order chi connectivity index (χ0) is 16.2. The zero-order valence-electron chi connectivity index (χ0n) is 11.7. The van der Waals surface area contributed by atoms with Gasteiger partial charge in [-0.2, -0.15) is 0 Å². The van der Waals surface area contributed by atoms with Crippen molar-refractivity contribution in [3.8, 4) is 0 Å². The van der Waals surface area contributed by atoms with Gasteiger partial charge in [-0.1, -0.05) is 0 Å². The molecule has 1 aromatic heterocycles. The summed E-state index contributed by atoms with van der Waals surface area (Å²) in [6.45, 7) is 2.70. The number of hydrogen-bond acceptors (Lipinski definition) is 5. The molecule has 0 aromatic carbocycles. The van der Waals surface area contributed by atoms with E-state index < -0.39 is 37.2 Å². The van der Waals surface area contributed by atoms with E-state index in [0.29, 0.717) is 5.56 Å². The predicted octanol–water partition coefficient (Wildman–Crippen LogP) is -0.864. The normalized spacial score (nSPS) is 14.9. The summed E-state index contributed by atoms with van der Waals surface area (Å²) in [6.07, 6.45) is -0.974. The lowest BCUT2D eigenvalue weighted by Crippen LogP contribution is -2.34. The molecule has 1 rings (SSSR count). The van der Waals surface area contributed by atoms with Crippen molar-refractivity contribution < 1.29 is 24.2 Å². The molecule has 0 bridgehead atoms. The molecule has 4 N–H and O–H groups in total. The zero-order valence-corrected chi connectivity index (χ0v) is 12.6. The van der Waals surface area contributed by atoms with Crippen LogP contribution in [-0.2, 0) is 16.0 Å². The van der Waals surface area contributed by atoms with Crippen molar-refractivity contribution in [2.45, 2.75) is 39.2 Å². The Morgan fingerprint density at radius 1 is 1.43 bits per heavy atom. The fourth-order valence-electron chi connectivity index (χ4n) is 1.65. The number of aliphatic hydroxyl groups is 1. The molecule has 0 radical (unpaired) electrons. The first-order chi connectivity index (χ1) is 9.60. The highest BCUT2D eigenvalue weighted by atomic mass is 31.2. The van der Waals surface area contributed by atoms with E-state index in [9.17, 15) is 19.3 Å². The smallest absolute Gasteiger partial charge is 0.330 e. The van der Waals surface area contributed by atoms with Gasteiger partial charge in [-0.3, -0.25) is 18.9 Å². The van der Waals surface area contributed by atoms with E-state index in [2.05, 4.69) is 4.98 Å². The highest BCUT2D eigenvalue weighted by molar-refractivity contribution is 7.51. The van der Waals surface area contributed by atoms with Crippen molar-refractivity contribution in [1.29, 1.82) is 0 Å². The third-order valence-corrected chi connectivity index (χ3v) is 3.70. The van der Waals surface area contributed by atoms with Crippen molar-refractivity contribution >= 4 is 7.60 Å². The van der Waals surface area contributed by atoms with Crippen LogP contribution in [0.4, 0.5) is 0 Å². The molecule has 1 aromatic rings. The molecule has 0 unspecified atom stereocenters. The van der Waals surface area contributed by atoms with E-state index in [1.165, 1.54) is 20.0 Å². The van der Waals surface area contributed by atoms with Crippen molar-refractivity contribution in [3.05, 3.63) is 32.6 Å². The van der Waals surface area contributed by atoms with Crippen LogP contribution in [0.1, 0.15) is 18.9 Å². The number of aryl methyl sites for hydroxylation is 1. The van der Waals surface area contributed by atoms with Gasteiger partial charge in [-0.15, -0.1) is 0 Å². The molecule has 0 spiro atoms. The first-order valence-corrected chi connectivity index (χ1v) is 8.04. The van der Waals surface area contributed by atoms with Crippen LogP contribution >= 0.6 is 7.60 Å². The molecule has 0 aliphatic rings. The lowest BCUT2D eigenvalue weighted by molar-refractivity contribution is -0.0611. The second kappa shape index (κ2) is 7.15. The van der Waals surface area contributed by atoms with Crippen LogP contribution in [0.15, 0.2) is 15.8 Å². The fourth-order valence-corrected chi connectivity index (χ4v) is 2.24. The minimum absolute atomic E-state index is 0.0565. The number of aromatic amines is 1. The van der Waals surface area contributed by atoms with Crippen LogP contribution in [0.25, 0.3) is 0 Å². The van der Waals surface area contributed by atoms with Gasteiger partial charge in [0.2, 0.25) is 0 Å². The predicted molar refractivity (Wildman–Crippen MR) is 74.1 cm³/mol. The number of hydrogen-bond donors (Lipinski definition) is 4. The summed E-state index contributed by atoms with van der Waals surface area (Å²) in [7, 11) is -4.19. The molecule has 0 aliphatic heterocycles. The number of rotatable bonds is 7. The van der Waals surface area contributed by atoms with Gasteiger partial charge in [0.25, 0.3) is 5.56 Å². The first kappa shape index (κ1) is 17.8. The molecule has 2 atom stereocenters. The Hall–Kier alpha value is -1.25. The van der Waals surface area contributed by atoms with E-state index in [1.54, 1.807) is 0 Å². The Morgan fingerprint density at radius 2 is 2.05 bits per heavy atom. The highest BCUT2D eigenvalue weighted by Crippen LogP contribution is 2.35. The van der Waals surface area contributed by atoms with Crippen molar-refractivity contribution in [3.63, 3.8) is 0 Å². The number of nitrogens with zero attached hydrogens (tertiary/aromatic N) is 1. The summed E-state index contributed by atoms with van der Waals surface area (Å²) in [6, 6.07) is 0. The Bertz CT molecular complexity index is 630. The minimum atomic E-state index is -4.19. The fraction of sp³-hybridized carbons (Fsp3) is 0.636. The number of aromatic nitrogens is 2. The topological polar surface area (TPSA) is 142 Å². The molecule has 0 fully saturated rings. The lowest BCUT2D eigenvalue weighted by atomic mass is 10.2. The lowest BCUT2D eigenvalue weighted by Gasteiger charge is -2.21. The van der Waals surface area contributed by atoms with Gasteiger partial charge < -0.3 is 19.6 Å². The van der Waals surface area contributed by atoms with Crippen molar-refractivity contribution in [2.75, 3.05) is 6.16 Å². The van der Waals surface area contributed by atoms with Crippen LogP contribution in [0.5, 0.6) is 0 Å². The van der Waals surface area contributed by atoms with Crippen molar-refractivity contribution in [1.82, 2.24) is 9.55 Å². The van der Waals surface area contributed by atoms with Gasteiger partial charge in [0, 0.05) is 11.8 Å². The molecule has 0 aliphatic carbocycles. The van der Waals surface area contributed by atoms with Gasteiger partial charge in [0.1, 0.15) is 6.73 Å². The minimum Gasteiger partial charge on any atom is -0.391 e. The maximum atomic E-state index is 11.5. The monoisotopic (exact) mass is 322 g/mol. The Morgan fingerprint density at radius 3 is 2.57 bits per heavy atom. The Balaban J connectivity index is 2.74. The molecule has 21 heavy (non-hydrogen) atoms. The van der Waals surface area contributed by atoms with Gasteiger partial charge in [-0.25, -0.2) is 4.79 Å². The van der Waals surface area contributed by atoms with E-state index in [4.69, 9.17) is 14.5 Å². The average Bonchev–Trinajstić information content (AvgIpc) is 2.33. The van der Waals surface area contributed by atoms with E-state index in [-0.39, 0.29) is 13.2 Å². The van der Waals surface area contributed by atoms with Crippen LogP contribution in [0.3, 0.4) is 0 Å². The summed E-state index contributed by atoms with van der Waals surface area (Å²) in [4.78, 5) is 42.5. The maximum Gasteiger partial charge on any atom is 0.330 e. The summed E-state index contributed by atoms with van der Waals surface area (Å²) in [5.74, 6) is 0. The molecular formula is C11H19N2O7P. The average molecular weight is 322 g/mol. The molecule has 0 saturated heterocycles. The number of ether oxygens (including phenoxy) is 1.